The number of phenols is 1. The lowest BCUT2D eigenvalue weighted by molar-refractivity contribution is -0.385. The van der Waals surface area contributed by atoms with Crippen LogP contribution in [0.15, 0.2) is 53.5 Å². The number of nitro groups is 1. The molecule has 0 spiro atoms. The third-order valence-corrected chi connectivity index (χ3v) is 2.32. The van der Waals surface area contributed by atoms with E-state index in [0.29, 0.717) is 5.56 Å². The van der Waals surface area contributed by atoms with Crippen molar-refractivity contribution in [2.24, 2.45) is 4.99 Å². The summed E-state index contributed by atoms with van der Waals surface area (Å²) in [7, 11) is 0. The van der Waals surface area contributed by atoms with E-state index in [-0.39, 0.29) is 11.4 Å². The number of aliphatic imine (C=N–C) groups is 1. The van der Waals surface area contributed by atoms with E-state index in [1.54, 1.807) is 6.07 Å². The summed E-state index contributed by atoms with van der Waals surface area (Å²) in [6.07, 6.45) is 1.52. The highest BCUT2D eigenvalue weighted by molar-refractivity contribution is 5.83. The van der Waals surface area contributed by atoms with Gasteiger partial charge in [-0.3, -0.25) is 15.1 Å². The van der Waals surface area contributed by atoms with Gasteiger partial charge in [0.1, 0.15) is 0 Å². The summed E-state index contributed by atoms with van der Waals surface area (Å²) in [4.78, 5) is 14.2. The van der Waals surface area contributed by atoms with Crippen molar-refractivity contribution in [1.29, 1.82) is 0 Å². The first kappa shape index (κ1) is 11.8. The Morgan fingerprint density at radius 3 is 2.56 bits per heavy atom. The number of hydrogen-bond donors (Lipinski definition) is 1. The standard InChI is InChI=1S/C13H10N2O3/c16-13-7-6-10(8-12(13)15(17)18)9-14-11-4-2-1-3-5-11/h1-9,16H. The fourth-order valence-electron chi connectivity index (χ4n) is 1.43. The Morgan fingerprint density at radius 1 is 1.17 bits per heavy atom. The molecule has 0 amide bonds. The van der Waals surface area contributed by atoms with Gasteiger partial charge in [-0.1, -0.05) is 18.2 Å². The van der Waals surface area contributed by atoms with Crippen molar-refractivity contribution in [3.05, 3.63) is 64.2 Å². The Morgan fingerprint density at radius 2 is 1.89 bits per heavy atom. The maximum absolute atomic E-state index is 10.6. The highest BCUT2D eigenvalue weighted by Gasteiger charge is 2.12. The molecule has 0 aromatic heterocycles. The van der Waals surface area contributed by atoms with E-state index < -0.39 is 4.92 Å². The van der Waals surface area contributed by atoms with Gasteiger partial charge in [0.25, 0.3) is 0 Å². The predicted octanol–water partition coefficient (Wildman–Crippen LogP) is 3.05. The molecule has 5 heteroatoms. The second-order valence-corrected chi connectivity index (χ2v) is 3.60. The molecule has 0 unspecified atom stereocenters. The van der Waals surface area contributed by atoms with Crippen molar-refractivity contribution < 1.29 is 10.0 Å². The Balaban J connectivity index is 2.28. The number of hydrogen-bond acceptors (Lipinski definition) is 4. The van der Waals surface area contributed by atoms with Gasteiger partial charge >= 0.3 is 5.69 Å². The molecule has 0 aliphatic rings. The molecule has 0 atom stereocenters. The number of rotatable bonds is 3. The fourth-order valence-corrected chi connectivity index (χ4v) is 1.43. The van der Waals surface area contributed by atoms with Gasteiger partial charge in [-0.05, 0) is 29.8 Å². The molecule has 2 rings (SSSR count). The monoisotopic (exact) mass is 242 g/mol. The second-order valence-electron chi connectivity index (χ2n) is 3.60. The van der Waals surface area contributed by atoms with Gasteiger partial charge in [0, 0.05) is 12.3 Å². The largest absolute Gasteiger partial charge is 0.502 e. The van der Waals surface area contributed by atoms with Gasteiger partial charge in [0.05, 0.1) is 10.6 Å². The van der Waals surface area contributed by atoms with Crippen molar-refractivity contribution in [1.82, 2.24) is 0 Å². The van der Waals surface area contributed by atoms with Crippen molar-refractivity contribution in [3.8, 4) is 5.75 Å². The molecule has 0 heterocycles. The molecular weight excluding hydrogens is 232 g/mol. The minimum atomic E-state index is -0.630. The third kappa shape index (κ3) is 2.70. The average Bonchev–Trinajstić information content (AvgIpc) is 2.38. The lowest BCUT2D eigenvalue weighted by Gasteiger charge is -1.97. The van der Waals surface area contributed by atoms with E-state index >= 15 is 0 Å². The Labute approximate surface area is 103 Å². The molecule has 90 valence electrons. The number of para-hydroxylation sites is 1. The van der Waals surface area contributed by atoms with Crippen LogP contribution in [-0.4, -0.2) is 16.2 Å². The van der Waals surface area contributed by atoms with Crippen LogP contribution in [0.5, 0.6) is 5.75 Å². The summed E-state index contributed by atoms with van der Waals surface area (Å²) in [6.45, 7) is 0. The van der Waals surface area contributed by atoms with Crippen LogP contribution in [0.1, 0.15) is 5.56 Å². The van der Waals surface area contributed by atoms with Crippen LogP contribution >= 0.6 is 0 Å². The zero-order valence-electron chi connectivity index (χ0n) is 9.35. The Bertz CT molecular complexity index is 594. The molecule has 5 nitrogen and oxygen atoms in total. The second kappa shape index (κ2) is 5.09. The quantitative estimate of drug-likeness (QED) is 0.510. The predicted molar refractivity (Wildman–Crippen MR) is 68.5 cm³/mol. The number of benzene rings is 2. The van der Waals surface area contributed by atoms with Gasteiger partial charge in [-0.2, -0.15) is 0 Å². The summed E-state index contributed by atoms with van der Waals surface area (Å²) in [5.41, 5.74) is 0.989. The summed E-state index contributed by atoms with van der Waals surface area (Å²) in [6, 6.07) is 13.4. The van der Waals surface area contributed by atoms with E-state index in [1.807, 2.05) is 30.3 Å². The van der Waals surface area contributed by atoms with Crippen LogP contribution in [0.2, 0.25) is 0 Å². The van der Waals surface area contributed by atoms with Crippen LogP contribution < -0.4 is 0 Å². The summed E-state index contributed by atoms with van der Waals surface area (Å²) < 4.78 is 0. The third-order valence-electron chi connectivity index (χ3n) is 2.32. The smallest absolute Gasteiger partial charge is 0.311 e. The molecule has 0 radical (unpaired) electrons. The molecule has 0 aliphatic heterocycles. The van der Waals surface area contributed by atoms with Crippen LogP contribution in [0.25, 0.3) is 0 Å². The molecule has 0 bridgehead atoms. The molecule has 18 heavy (non-hydrogen) atoms. The molecule has 2 aromatic rings. The van der Waals surface area contributed by atoms with Crippen molar-refractivity contribution in [3.63, 3.8) is 0 Å². The van der Waals surface area contributed by atoms with Gasteiger partial charge in [-0.15, -0.1) is 0 Å². The summed E-state index contributed by atoms with van der Waals surface area (Å²) in [5.74, 6) is -0.350. The molecule has 0 saturated heterocycles. The minimum absolute atomic E-state index is 0.327. The number of phenolic OH excluding ortho intramolecular Hbond substituents is 1. The lowest BCUT2D eigenvalue weighted by Crippen LogP contribution is -1.90. The average molecular weight is 242 g/mol. The van der Waals surface area contributed by atoms with E-state index in [0.717, 1.165) is 5.69 Å². The van der Waals surface area contributed by atoms with Crippen LogP contribution in [0.4, 0.5) is 11.4 Å². The molecule has 0 fully saturated rings. The zero-order valence-corrected chi connectivity index (χ0v) is 9.35. The first-order valence-electron chi connectivity index (χ1n) is 5.23. The Hall–Kier alpha value is -2.69. The summed E-state index contributed by atoms with van der Waals surface area (Å²) >= 11 is 0. The first-order chi connectivity index (χ1) is 8.66. The molecular formula is C13H10N2O3. The highest BCUT2D eigenvalue weighted by atomic mass is 16.6. The van der Waals surface area contributed by atoms with E-state index in [2.05, 4.69) is 4.99 Å². The molecule has 2 aromatic carbocycles. The maximum atomic E-state index is 10.6. The van der Waals surface area contributed by atoms with E-state index in [1.165, 1.54) is 18.3 Å². The Kier molecular flexibility index (Phi) is 3.33. The van der Waals surface area contributed by atoms with E-state index in [9.17, 15) is 15.2 Å². The summed E-state index contributed by atoms with van der Waals surface area (Å²) in [5, 5.41) is 20.0. The maximum Gasteiger partial charge on any atom is 0.311 e. The van der Waals surface area contributed by atoms with Crippen molar-refractivity contribution in [2.45, 2.75) is 0 Å². The number of nitrogens with zero attached hydrogens (tertiary/aromatic N) is 2. The van der Waals surface area contributed by atoms with Gasteiger partial charge in [0.2, 0.25) is 0 Å². The zero-order chi connectivity index (χ0) is 13.0. The molecule has 1 N–H and O–H groups in total. The van der Waals surface area contributed by atoms with Gasteiger partial charge < -0.3 is 5.11 Å². The van der Waals surface area contributed by atoms with Crippen LogP contribution in [-0.2, 0) is 0 Å². The van der Waals surface area contributed by atoms with Crippen LogP contribution in [0, 0.1) is 10.1 Å². The molecule has 0 saturated carbocycles. The lowest BCUT2D eigenvalue weighted by atomic mass is 10.2. The topological polar surface area (TPSA) is 75.7 Å². The van der Waals surface area contributed by atoms with Crippen LogP contribution in [0.3, 0.4) is 0 Å². The normalized spacial score (nSPS) is 10.7. The fraction of sp³-hybridized carbons (Fsp3) is 0. The van der Waals surface area contributed by atoms with E-state index in [4.69, 9.17) is 0 Å². The first-order valence-corrected chi connectivity index (χ1v) is 5.23. The van der Waals surface area contributed by atoms with Crippen molar-refractivity contribution in [2.75, 3.05) is 0 Å². The number of nitro benzene ring substituents is 1. The van der Waals surface area contributed by atoms with Gasteiger partial charge in [-0.25, -0.2) is 0 Å². The number of aromatic hydroxyl groups is 1. The minimum Gasteiger partial charge on any atom is -0.502 e. The SMILES string of the molecule is O=[N+]([O-])c1cc(C=Nc2ccccc2)ccc1O. The highest BCUT2D eigenvalue weighted by Crippen LogP contribution is 2.25. The van der Waals surface area contributed by atoms with Gasteiger partial charge in [0.15, 0.2) is 5.75 Å². The molecule has 0 aliphatic carbocycles. The van der Waals surface area contributed by atoms with Crippen molar-refractivity contribution >= 4 is 17.6 Å².